The van der Waals surface area contributed by atoms with Crippen LogP contribution in [0, 0.1) is 11.6 Å². The number of hydrogen-bond acceptors (Lipinski definition) is 5. The maximum atomic E-state index is 13.7. The Balaban J connectivity index is 1.63. The van der Waals surface area contributed by atoms with E-state index in [1.165, 1.54) is 49.2 Å². The molecular weight excluding hydrogens is 432 g/mol. The highest BCUT2D eigenvalue weighted by molar-refractivity contribution is 7.99. The molecule has 0 aliphatic carbocycles. The number of nitrogens with zero attached hydrogens (tertiary/aromatic N) is 3. The average molecular weight is 451 g/mol. The first-order valence-electron chi connectivity index (χ1n) is 9.78. The standard InChI is InChI=1S/C24H19F2N3O2S/c1-31-22-12-11-19(26)13-20(22)21(30)15-32-24-28-27-23(17-7-9-18(25)10-8-17)29(24)14-16-5-3-2-4-6-16/h2-13H,14-15H2,1H3. The number of Topliss-reactive ketones (excluding diaryl/α,β-unsaturated/α-hetero) is 1. The number of halogens is 2. The molecule has 0 spiro atoms. The Morgan fingerprint density at radius 3 is 2.41 bits per heavy atom. The highest BCUT2D eigenvalue weighted by Crippen LogP contribution is 2.27. The SMILES string of the molecule is COc1ccc(F)cc1C(=O)CSc1nnc(-c2ccc(F)cc2)n1Cc1ccccc1. The minimum absolute atomic E-state index is 0.0240. The molecule has 0 N–H and O–H groups in total. The molecule has 0 aliphatic heterocycles. The van der Waals surface area contributed by atoms with Crippen LogP contribution in [0.3, 0.4) is 0 Å². The van der Waals surface area contributed by atoms with Crippen LogP contribution in [0.5, 0.6) is 5.75 Å². The first kappa shape index (κ1) is 21.7. The van der Waals surface area contributed by atoms with Gasteiger partial charge in [0.1, 0.15) is 17.4 Å². The number of ether oxygens (including phenoxy) is 1. The third-order valence-electron chi connectivity index (χ3n) is 4.80. The fourth-order valence-electron chi connectivity index (χ4n) is 3.22. The van der Waals surface area contributed by atoms with Gasteiger partial charge in [0.25, 0.3) is 0 Å². The Labute approximate surface area is 188 Å². The molecule has 4 aromatic rings. The van der Waals surface area contributed by atoms with E-state index < -0.39 is 5.82 Å². The van der Waals surface area contributed by atoms with Crippen molar-refractivity contribution in [1.82, 2.24) is 14.8 Å². The van der Waals surface area contributed by atoms with Crippen LogP contribution in [0.1, 0.15) is 15.9 Å². The lowest BCUT2D eigenvalue weighted by Gasteiger charge is -2.11. The van der Waals surface area contributed by atoms with E-state index in [4.69, 9.17) is 4.74 Å². The lowest BCUT2D eigenvalue weighted by atomic mass is 10.1. The minimum atomic E-state index is -0.509. The molecular formula is C24H19F2N3O2S. The highest BCUT2D eigenvalue weighted by atomic mass is 32.2. The van der Waals surface area contributed by atoms with Crippen molar-refractivity contribution in [1.29, 1.82) is 0 Å². The minimum Gasteiger partial charge on any atom is -0.496 e. The molecule has 0 unspecified atom stereocenters. The highest BCUT2D eigenvalue weighted by Gasteiger charge is 2.19. The van der Waals surface area contributed by atoms with Gasteiger partial charge in [0.15, 0.2) is 16.8 Å². The lowest BCUT2D eigenvalue weighted by Crippen LogP contribution is -2.08. The molecule has 1 heterocycles. The molecule has 0 saturated carbocycles. The Morgan fingerprint density at radius 1 is 0.969 bits per heavy atom. The number of aromatic nitrogens is 3. The van der Waals surface area contributed by atoms with E-state index in [2.05, 4.69) is 10.2 Å². The molecule has 0 radical (unpaired) electrons. The predicted molar refractivity (Wildman–Crippen MR) is 119 cm³/mol. The van der Waals surface area contributed by atoms with Crippen LogP contribution in [0.15, 0.2) is 78.0 Å². The zero-order valence-corrected chi connectivity index (χ0v) is 18.0. The largest absolute Gasteiger partial charge is 0.496 e. The van der Waals surface area contributed by atoms with Crippen molar-refractivity contribution in [3.8, 4) is 17.1 Å². The number of methoxy groups -OCH3 is 1. The number of thioether (sulfide) groups is 1. The van der Waals surface area contributed by atoms with Crippen molar-refractivity contribution in [3.05, 3.63) is 95.6 Å². The molecule has 0 atom stereocenters. The van der Waals surface area contributed by atoms with E-state index in [-0.39, 0.29) is 22.9 Å². The second-order valence-electron chi connectivity index (χ2n) is 6.94. The fourth-order valence-corrected chi connectivity index (χ4v) is 4.04. The van der Waals surface area contributed by atoms with E-state index in [1.807, 2.05) is 34.9 Å². The molecule has 0 saturated heterocycles. The van der Waals surface area contributed by atoms with Crippen LogP contribution in [0.4, 0.5) is 8.78 Å². The molecule has 0 fully saturated rings. The molecule has 32 heavy (non-hydrogen) atoms. The summed E-state index contributed by atoms with van der Waals surface area (Å²) in [6.07, 6.45) is 0. The summed E-state index contributed by atoms with van der Waals surface area (Å²) in [4.78, 5) is 12.8. The second-order valence-corrected chi connectivity index (χ2v) is 7.88. The van der Waals surface area contributed by atoms with Crippen LogP contribution >= 0.6 is 11.8 Å². The van der Waals surface area contributed by atoms with Gasteiger partial charge in [0.2, 0.25) is 0 Å². The van der Waals surface area contributed by atoms with Gasteiger partial charge in [-0.2, -0.15) is 0 Å². The van der Waals surface area contributed by atoms with Crippen molar-refractivity contribution in [3.63, 3.8) is 0 Å². The summed E-state index contributed by atoms with van der Waals surface area (Å²) >= 11 is 1.20. The van der Waals surface area contributed by atoms with Crippen molar-refractivity contribution in [2.24, 2.45) is 0 Å². The Morgan fingerprint density at radius 2 is 1.69 bits per heavy atom. The Hall–Kier alpha value is -3.52. The molecule has 3 aromatic carbocycles. The van der Waals surface area contributed by atoms with E-state index >= 15 is 0 Å². The first-order valence-corrected chi connectivity index (χ1v) is 10.8. The van der Waals surface area contributed by atoms with Crippen molar-refractivity contribution >= 4 is 17.5 Å². The topological polar surface area (TPSA) is 57.0 Å². The number of carbonyl (C=O) groups excluding carboxylic acids is 1. The van der Waals surface area contributed by atoms with E-state index in [9.17, 15) is 13.6 Å². The summed E-state index contributed by atoms with van der Waals surface area (Å²) in [6.45, 7) is 0.473. The first-order chi connectivity index (χ1) is 15.5. The average Bonchev–Trinajstić information content (AvgIpc) is 3.21. The molecule has 162 valence electrons. The smallest absolute Gasteiger partial charge is 0.192 e. The van der Waals surface area contributed by atoms with Crippen molar-refractivity contribution in [2.45, 2.75) is 11.7 Å². The van der Waals surface area contributed by atoms with E-state index in [0.29, 0.717) is 28.8 Å². The maximum absolute atomic E-state index is 13.7. The third kappa shape index (κ3) is 4.86. The predicted octanol–water partition coefficient (Wildman–Crippen LogP) is 5.26. The van der Waals surface area contributed by atoms with Crippen LogP contribution in [0.2, 0.25) is 0 Å². The number of rotatable bonds is 8. The van der Waals surface area contributed by atoms with Gasteiger partial charge < -0.3 is 4.74 Å². The number of carbonyl (C=O) groups is 1. The molecule has 4 rings (SSSR count). The monoisotopic (exact) mass is 451 g/mol. The number of benzene rings is 3. The maximum Gasteiger partial charge on any atom is 0.192 e. The van der Waals surface area contributed by atoms with Gasteiger partial charge in [-0.15, -0.1) is 10.2 Å². The van der Waals surface area contributed by atoms with Gasteiger partial charge in [-0.05, 0) is 48.0 Å². The van der Waals surface area contributed by atoms with E-state index in [1.54, 1.807) is 12.1 Å². The van der Waals surface area contributed by atoms with Crippen LogP contribution < -0.4 is 4.74 Å². The summed E-state index contributed by atoms with van der Waals surface area (Å²) in [5, 5.41) is 9.07. The normalized spacial score (nSPS) is 10.8. The van der Waals surface area contributed by atoms with Crippen LogP contribution in [0.25, 0.3) is 11.4 Å². The summed E-state index contributed by atoms with van der Waals surface area (Å²) in [7, 11) is 1.43. The van der Waals surface area contributed by atoms with Crippen LogP contribution in [-0.2, 0) is 6.54 Å². The molecule has 1 aromatic heterocycles. The van der Waals surface area contributed by atoms with Gasteiger partial charge in [0.05, 0.1) is 25.0 Å². The fraction of sp³-hybridized carbons (Fsp3) is 0.125. The molecule has 0 bridgehead atoms. The van der Waals surface area contributed by atoms with Crippen molar-refractivity contribution < 1.29 is 18.3 Å². The zero-order valence-electron chi connectivity index (χ0n) is 17.2. The Bertz CT molecular complexity index is 1230. The quantitative estimate of drug-likeness (QED) is 0.270. The molecule has 0 aliphatic rings. The lowest BCUT2D eigenvalue weighted by molar-refractivity contribution is 0.101. The summed E-state index contributed by atoms with van der Waals surface area (Å²) in [6, 6.07) is 19.6. The van der Waals surface area contributed by atoms with E-state index in [0.717, 1.165) is 5.56 Å². The van der Waals surface area contributed by atoms with Crippen molar-refractivity contribution in [2.75, 3.05) is 12.9 Å². The van der Waals surface area contributed by atoms with Gasteiger partial charge in [-0.1, -0.05) is 42.1 Å². The molecule has 0 amide bonds. The van der Waals surface area contributed by atoms with Gasteiger partial charge in [-0.25, -0.2) is 8.78 Å². The molecule has 8 heteroatoms. The summed E-state index contributed by atoms with van der Waals surface area (Å²) < 4.78 is 34.1. The number of ketones is 1. The summed E-state index contributed by atoms with van der Waals surface area (Å²) in [5.41, 5.74) is 1.91. The summed E-state index contributed by atoms with van der Waals surface area (Å²) in [5.74, 6) is -0.237. The third-order valence-corrected chi connectivity index (χ3v) is 5.76. The van der Waals surface area contributed by atoms with Crippen LogP contribution in [-0.4, -0.2) is 33.4 Å². The van der Waals surface area contributed by atoms with Gasteiger partial charge in [0, 0.05) is 5.56 Å². The van der Waals surface area contributed by atoms with Gasteiger partial charge in [-0.3, -0.25) is 9.36 Å². The molecule has 5 nitrogen and oxygen atoms in total. The number of hydrogen-bond donors (Lipinski definition) is 0. The Kier molecular flexibility index (Phi) is 6.61. The second kappa shape index (κ2) is 9.74. The van der Waals surface area contributed by atoms with Gasteiger partial charge >= 0.3 is 0 Å². The zero-order chi connectivity index (χ0) is 22.5.